The van der Waals surface area contributed by atoms with Crippen molar-refractivity contribution in [3.63, 3.8) is 0 Å². The number of carbonyl (C=O) groups excluding carboxylic acids is 2. The van der Waals surface area contributed by atoms with Crippen LogP contribution in [0.5, 0.6) is 5.75 Å². The lowest BCUT2D eigenvalue weighted by molar-refractivity contribution is -0.116. The van der Waals surface area contributed by atoms with E-state index >= 15 is 0 Å². The van der Waals surface area contributed by atoms with E-state index in [0.717, 1.165) is 5.56 Å². The molecule has 24 heavy (non-hydrogen) atoms. The second-order valence-electron chi connectivity index (χ2n) is 5.28. The van der Waals surface area contributed by atoms with E-state index in [9.17, 15) is 9.59 Å². The Balaban J connectivity index is 1.97. The number of ketones is 1. The molecule has 2 aromatic carbocycles. The molecule has 1 amide bonds. The molecule has 0 aromatic heterocycles. The fraction of sp³-hybridized carbons (Fsp3) is 0.222. The maximum Gasteiger partial charge on any atom is 0.224 e. The van der Waals surface area contributed by atoms with Crippen molar-refractivity contribution < 1.29 is 14.3 Å². The number of hydrogen-bond donors (Lipinski definition) is 1. The van der Waals surface area contributed by atoms with Gasteiger partial charge in [-0.1, -0.05) is 23.2 Å². The first-order chi connectivity index (χ1) is 11.4. The van der Waals surface area contributed by atoms with Crippen LogP contribution in [0.2, 0.25) is 10.0 Å². The summed E-state index contributed by atoms with van der Waals surface area (Å²) in [5.74, 6) is 0.0985. The normalized spacial score (nSPS) is 10.3. The van der Waals surface area contributed by atoms with Gasteiger partial charge in [0.15, 0.2) is 5.78 Å². The summed E-state index contributed by atoms with van der Waals surface area (Å²) in [6, 6.07) is 9.97. The zero-order chi connectivity index (χ0) is 17.7. The van der Waals surface area contributed by atoms with Crippen LogP contribution in [0.1, 0.15) is 28.8 Å². The Labute approximate surface area is 150 Å². The number of nitrogens with one attached hydrogen (secondary N) is 1. The van der Waals surface area contributed by atoms with Crippen molar-refractivity contribution in [1.29, 1.82) is 0 Å². The molecule has 0 fully saturated rings. The number of ether oxygens (including phenoxy) is 1. The summed E-state index contributed by atoms with van der Waals surface area (Å²) in [5.41, 5.74) is 1.89. The third-order valence-corrected chi connectivity index (χ3v) is 4.16. The summed E-state index contributed by atoms with van der Waals surface area (Å²) < 4.78 is 5.21. The number of hydrogen-bond acceptors (Lipinski definition) is 3. The second-order valence-corrected chi connectivity index (χ2v) is 6.12. The Morgan fingerprint density at radius 2 is 1.75 bits per heavy atom. The average molecular weight is 366 g/mol. The number of Topliss-reactive ketones (excluding diaryl/α,β-unsaturated/α-hetero) is 1. The van der Waals surface area contributed by atoms with Crippen LogP contribution >= 0.6 is 23.2 Å². The molecule has 0 radical (unpaired) electrons. The summed E-state index contributed by atoms with van der Waals surface area (Å²) in [4.78, 5) is 24.2. The summed E-state index contributed by atoms with van der Waals surface area (Å²) >= 11 is 11.8. The maximum atomic E-state index is 12.1. The zero-order valence-corrected chi connectivity index (χ0v) is 14.9. The predicted molar refractivity (Wildman–Crippen MR) is 96.4 cm³/mol. The number of methoxy groups -OCH3 is 1. The van der Waals surface area contributed by atoms with Crippen molar-refractivity contribution in [1.82, 2.24) is 0 Å². The number of benzene rings is 2. The predicted octanol–water partition coefficient (Wildman–Crippen LogP) is 4.91. The summed E-state index contributed by atoms with van der Waals surface area (Å²) in [7, 11) is 1.50. The lowest BCUT2D eigenvalue weighted by atomic mass is 10.1. The molecular weight excluding hydrogens is 349 g/mol. The molecular formula is C18H17Cl2NO3. The first kappa shape index (κ1) is 18.3. The topological polar surface area (TPSA) is 55.4 Å². The quantitative estimate of drug-likeness (QED) is 0.739. The molecule has 0 spiro atoms. The molecule has 126 valence electrons. The maximum absolute atomic E-state index is 12.1. The standard InChI is InChI=1S/C18H17Cl2NO3/c1-11-9-15(17(24-2)10-14(11)20)21-18(23)8-7-16(22)12-3-5-13(19)6-4-12/h3-6,9-10H,7-8H2,1-2H3,(H,21,23). The number of rotatable bonds is 6. The van der Waals surface area contributed by atoms with Gasteiger partial charge in [-0.15, -0.1) is 0 Å². The van der Waals surface area contributed by atoms with Gasteiger partial charge < -0.3 is 10.1 Å². The van der Waals surface area contributed by atoms with Gasteiger partial charge in [-0.2, -0.15) is 0 Å². The molecule has 0 heterocycles. The first-order valence-corrected chi connectivity index (χ1v) is 8.09. The minimum Gasteiger partial charge on any atom is -0.495 e. The largest absolute Gasteiger partial charge is 0.495 e. The highest BCUT2D eigenvalue weighted by Crippen LogP contribution is 2.31. The van der Waals surface area contributed by atoms with E-state index in [-0.39, 0.29) is 24.5 Å². The smallest absolute Gasteiger partial charge is 0.224 e. The van der Waals surface area contributed by atoms with E-state index in [1.165, 1.54) is 7.11 Å². The van der Waals surface area contributed by atoms with Crippen LogP contribution in [0, 0.1) is 6.92 Å². The summed E-state index contributed by atoms with van der Waals surface area (Å²) in [6.45, 7) is 1.83. The highest BCUT2D eigenvalue weighted by atomic mass is 35.5. The van der Waals surface area contributed by atoms with E-state index < -0.39 is 0 Å². The van der Waals surface area contributed by atoms with Gasteiger partial charge in [0.25, 0.3) is 0 Å². The lowest BCUT2D eigenvalue weighted by Crippen LogP contribution is -2.14. The van der Waals surface area contributed by atoms with E-state index in [1.807, 2.05) is 6.92 Å². The molecule has 1 N–H and O–H groups in total. The molecule has 4 nitrogen and oxygen atoms in total. The number of carbonyl (C=O) groups is 2. The third-order valence-electron chi connectivity index (χ3n) is 3.50. The monoisotopic (exact) mass is 365 g/mol. The zero-order valence-electron chi connectivity index (χ0n) is 13.4. The lowest BCUT2D eigenvalue weighted by Gasteiger charge is -2.12. The van der Waals surface area contributed by atoms with Gasteiger partial charge in [0.05, 0.1) is 12.8 Å². The van der Waals surface area contributed by atoms with E-state index in [1.54, 1.807) is 36.4 Å². The number of amides is 1. The SMILES string of the molecule is COc1cc(Cl)c(C)cc1NC(=O)CCC(=O)c1ccc(Cl)cc1. The highest BCUT2D eigenvalue weighted by Gasteiger charge is 2.13. The second kappa shape index (κ2) is 8.18. The number of anilines is 1. The van der Waals surface area contributed by atoms with E-state index in [0.29, 0.717) is 27.0 Å². The molecule has 2 aromatic rings. The third kappa shape index (κ3) is 4.73. The molecule has 0 saturated heterocycles. The fourth-order valence-corrected chi connectivity index (χ4v) is 2.43. The van der Waals surface area contributed by atoms with E-state index in [2.05, 4.69) is 5.32 Å². The Kier molecular flexibility index (Phi) is 6.23. The van der Waals surface area contributed by atoms with Crippen LogP contribution in [-0.2, 0) is 4.79 Å². The summed E-state index contributed by atoms with van der Waals surface area (Å²) in [5, 5.41) is 3.87. The molecule has 0 aliphatic rings. The van der Waals surface area contributed by atoms with Gasteiger partial charge >= 0.3 is 0 Å². The van der Waals surface area contributed by atoms with E-state index in [4.69, 9.17) is 27.9 Å². The molecule has 0 aliphatic carbocycles. The van der Waals surface area contributed by atoms with Crippen LogP contribution in [0.25, 0.3) is 0 Å². The molecule has 0 saturated carbocycles. The Bertz CT molecular complexity index is 758. The first-order valence-electron chi connectivity index (χ1n) is 7.33. The molecule has 2 rings (SSSR count). The van der Waals surface area contributed by atoms with Gasteiger partial charge in [-0.25, -0.2) is 0 Å². The molecule has 6 heteroatoms. The molecule has 0 aliphatic heterocycles. The van der Waals surface area contributed by atoms with Crippen LogP contribution in [0.3, 0.4) is 0 Å². The van der Waals surface area contributed by atoms with Gasteiger partial charge in [0.1, 0.15) is 5.75 Å². The molecule has 0 atom stereocenters. The van der Waals surface area contributed by atoms with Crippen molar-refractivity contribution >= 4 is 40.6 Å². The number of aryl methyl sites for hydroxylation is 1. The Morgan fingerprint density at radius 1 is 1.08 bits per heavy atom. The fourth-order valence-electron chi connectivity index (χ4n) is 2.15. The van der Waals surface area contributed by atoms with Crippen molar-refractivity contribution in [2.24, 2.45) is 0 Å². The minimum absolute atomic E-state index is 0.0757. The summed E-state index contributed by atoms with van der Waals surface area (Å²) in [6.07, 6.45) is 0.189. The number of halogens is 2. The van der Waals surface area contributed by atoms with Gasteiger partial charge in [0.2, 0.25) is 5.91 Å². The van der Waals surface area contributed by atoms with Crippen LogP contribution in [-0.4, -0.2) is 18.8 Å². The van der Waals surface area contributed by atoms with Crippen molar-refractivity contribution in [3.8, 4) is 5.75 Å². The van der Waals surface area contributed by atoms with Crippen LogP contribution in [0.4, 0.5) is 5.69 Å². The Hall–Kier alpha value is -2.04. The molecule has 0 unspecified atom stereocenters. The Morgan fingerprint density at radius 3 is 2.38 bits per heavy atom. The van der Waals surface area contributed by atoms with Crippen molar-refractivity contribution in [2.75, 3.05) is 12.4 Å². The van der Waals surface area contributed by atoms with Crippen molar-refractivity contribution in [3.05, 3.63) is 57.6 Å². The average Bonchev–Trinajstić information content (AvgIpc) is 2.56. The van der Waals surface area contributed by atoms with Crippen molar-refractivity contribution in [2.45, 2.75) is 19.8 Å². The highest BCUT2D eigenvalue weighted by molar-refractivity contribution is 6.31. The van der Waals surface area contributed by atoms with Crippen LogP contribution in [0.15, 0.2) is 36.4 Å². The van der Waals surface area contributed by atoms with Crippen LogP contribution < -0.4 is 10.1 Å². The van der Waals surface area contributed by atoms with Gasteiger partial charge in [-0.3, -0.25) is 9.59 Å². The van der Waals surface area contributed by atoms with Gasteiger partial charge in [-0.05, 0) is 42.8 Å². The van der Waals surface area contributed by atoms with Gasteiger partial charge in [0, 0.05) is 34.5 Å². The minimum atomic E-state index is -0.266. The molecule has 0 bridgehead atoms.